The van der Waals surface area contributed by atoms with Gasteiger partial charge in [-0.25, -0.2) is 13.5 Å². The van der Waals surface area contributed by atoms with Gasteiger partial charge in [0.05, 0.1) is 11.7 Å². The molecule has 1 aromatic heterocycles. The van der Waals surface area contributed by atoms with Crippen molar-refractivity contribution in [2.24, 2.45) is 0 Å². The second-order valence-corrected chi connectivity index (χ2v) is 8.54. The van der Waals surface area contributed by atoms with E-state index in [2.05, 4.69) is 10.3 Å². The lowest BCUT2D eigenvalue weighted by Gasteiger charge is -2.35. The maximum absolute atomic E-state index is 12.8. The van der Waals surface area contributed by atoms with E-state index in [1.807, 2.05) is 0 Å². The van der Waals surface area contributed by atoms with E-state index in [9.17, 15) is 22.2 Å². The molecule has 1 atom stereocenters. The minimum Gasteiger partial charge on any atom is -0.381 e. The number of piperidine rings is 1. The Hall–Kier alpha value is -1.52. The highest BCUT2D eigenvalue weighted by molar-refractivity contribution is 7.85. The molecule has 2 rings (SSSR count). The van der Waals surface area contributed by atoms with Crippen molar-refractivity contribution >= 4 is 22.7 Å². The van der Waals surface area contributed by atoms with E-state index in [4.69, 9.17) is 4.74 Å². The van der Waals surface area contributed by atoms with Crippen molar-refractivity contribution in [3.8, 4) is 0 Å². The smallest absolute Gasteiger partial charge is 0.381 e. The molecule has 6 nitrogen and oxygen atoms in total. The molecule has 1 aliphatic rings. The lowest BCUT2D eigenvalue weighted by molar-refractivity contribution is -0.137. The largest absolute Gasteiger partial charge is 0.417 e. The van der Waals surface area contributed by atoms with Crippen molar-refractivity contribution in [3.63, 3.8) is 0 Å². The number of aromatic nitrogens is 1. The molecule has 10 heteroatoms. The first-order valence-electron chi connectivity index (χ1n) is 8.10. The lowest BCUT2D eigenvalue weighted by Crippen LogP contribution is -2.50. The Balaban J connectivity index is 2.02. The average molecular weight is 393 g/mol. The summed E-state index contributed by atoms with van der Waals surface area (Å²) in [7, 11) is 0.0327. The Morgan fingerprint density at radius 2 is 1.92 bits per heavy atom. The number of rotatable bonds is 5. The number of anilines is 1. The maximum atomic E-state index is 12.8. The van der Waals surface area contributed by atoms with Gasteiger partial charge in [0, 0.05) is 26.4 Å². The summed E-state index contributed by atoms with van der Waals surface area (Å²) >= 11 is 0. The SMILES string of the molecule is COC1CCN(S(=O)C(C)(C)C(=O)Nc2ccc(C(F)(F)F)cn2)CC1. The lowest BCUT2D eigenvalue weighted by atomic mass is 10.1. The molecule has 0 aliphatic carbocycles. The number of pyridine rings is 1. The highest BCUT2D eigenvalue weighted by Crippen LogP contribution is 2.29. The fourth-order valence-corrected chi connectivity index (χ4v) is 3.94. The minimum absolute atomic E-state index is 0.0221. The van der Waals surface area contributed by atoms with E-state index >= 15 is 0 Å². The molecule has 1 aromatic rings. The summed E-state index contributed by atoms with van der Waals surface area (Å²) in [6.45, 7) is 4.15. The number of halogens is 3. The Morgan fingerprint density at radius 1 is 1.31 bits per heavy atom. The Morgan fingerprint density at radius 3 is 2.38 bits per heavy atom. The van der Waals surface area contributed by atoms with Gasteiger partial charge in [-0.05, 0) is 38.8 Å². The zero-order valence-electron chi connectivity index (χ0n) is 14.8. The van der Waals surface area contributed by atoms with E-state index < -0.39 is 33.4 Å². The summed E-state index contributed by atoms with van der Waals surface area (Å²) in [4.78, 5) is 16.1. The van der Waals surface area contributed by atoms with Crippen LogP contribution in [-0.2, 0) is 26.7 Å². The van der Waals surface area contributed by atoms with Gasteiger partial charge in [0.1, 0.15) is 21.6 Å². The zero-order chi connectivity index (χ0) is 19.5. The molecular weight excluding hydrogens is 371 g/mol. The van der Waals surface area contributed by atoms with Crippen molar-refractivity contribution < 1.29 is 26.9 Å². The number of hydrogen-bond acceptors (Lipinski definition) is 4. The number of carbonyl (C=O) groups is 1. The van der Waals surface area contributed by atoms with Crippen molar-refractivity contribution in [2.45, 2.75) is 43.7 Å². The van der Waals surface area contributed by atoms with E-state index in [1.54, 1.807) is 11.4 Å². The number of hydrogen-bond donors (Lipinski definition) is 1. The second kappa shape index (κ2) is 8.01. The van der Waals surface area contributed by atoms with Crippen LogP contribution < -0.4 is 5.32 Å². The average Bonchev–Trinajstić information content (AvgIpc) is 2.60. The molecule has 1 N–H and O–H groups in total. The monoisotopic (exact) mass is 393 g/mol. The fraction of sp³-hybridized carbons (Fsp3) is 0.625. The molecule has 1 aliphatic heterocycles. The minimum atomic E-state index is -4.50. The topological polar surface area (TPSA) is 71.5 Å². The number of alkyl halides is 3. The van der Waals surface area contributed by atoms with Crippen molar-refractivity contribution in [3.05, 3.63) is 23.9 Å². The number of ether oxygens (including phenoxy) is 1. The second-order valence-electron chi connectivity index (χ2n) is 6.51. The van der Waals surface area contributed by atoms with Crippen LogP contribution in [0.4, 0.5) is 19.0 Å². The molecule has 1 fully saturated rings. The summed E-state index contributed by atoms with van der Waals surface area (Å²) in [5, 5.41) is 2.44. The van der Waals surface area contributed by atoms with Crippen LogP contribution in [0, 0.1) is 0 Å². The molecular formula is C16H22F3N3O3S. The molecule has 0 saturated carbocycles. The van der Waals surface area contributed by atoms with E-state index in [-0.39, 0.29) is 11.9 Å². The van der Waals surface area contributed by atoms with Crippen LogP contribution in [0.1, 0.15) is 32.3 Å². The number of nitrogens with zero attached hydrogens (tertiary/aromatic N) is 2. The molecule has 146 valence electrons. The third-order valence-corrected chi connectivity index (χ3v) is 6.18. The van der Waals surface area contributed by atoms with Crippen molar-refractivity contribution in [2.75, 3.05) is 25.5 Å². The molecule has 2 heterocycles. The van der Waals surface area contributed by atoms with Gasteiger partial charge in [-0.15, -0.1) is 0 Å². The van der Waals surface area contributed by atoms with Crippen LogP contribution >= 0.6 is 0 Å². The molecule has 1 unspecified atom stereocenters. The quantitative estimate of drug-likeness (QED) is 0.835. The van der Waals surface area contributed by atoms with Gasteiger partial charge in [0.2, 0.25) is 5.91 Å². The molecule has 1 amide bonds. The normalized spacial score (nSPS) is 18.5. The third-order valence-electron chi connectivity index (χ3n) is 4.28. The van der Waals surface area contributed by atoms with E-state index in [1.165, 1.54) is 13.8 Å². The number of amides is 1. The van der Waals surface area contributed by atoms with Gasteiger partial charge in [0.25, 0.3) is 0 Å². The van der Waals surface area contributed by atoms with Crippen LogP contribution in [0.3, 0.4) is 0 Å². The maximum Gasteiger partial charge on any atom is 0.417 e. The Kier molecular flexibility index (Phi) is 6.41. The standard InChI is InChI=1S/C16H22F3N3O3S/c1-15(2,26(24)22-8-6-12(25-3)7-9-22)14(23)21-13-5-4-11(10-20-13)16(17,18)19/h4-5,10,12H,6-9H2,1-3H3,(H,20,21,23). The van der Waals surface area contributed by atoms with Gasteiger partial charge in [0.15, 0.2) is 0 Å². The number of methoxy groups -OCH3 is 1. The van der Waals surface area contributed by atoms with Crippen LogP contribution in [-0.4, -0.2) is 50.5 Å². The first-order valence-corrected chi connectivity index (χ1v) is 9.21. The Labute approximate surface area is 152 Å². The van der Waals surface area contributed by atoms with E-state index in [0.717, 1.165) is 25.0 Å². The van der Waals surface area contributed by atoms with Crippen LogP contribution in [0.15, 0.2) is 18.3 Å². The highest BCUT2D eigenvalue weighted by atomic mass is 32.2. The van der Waals surface area contributed by atoms with Crippen molar-refractivity contribution in [1.82, 2.24) is 9.29 Å². The summed E-state index contributed by atoms with van der Waals surface area (Å²) in [5.74, 6) is -0.594. The van der Waals surface area contributed by atoms with Gasteiger partial charge in [-0.3, -0.25) is 4.79 Å². The van der Waals surface area contributed by atoms with Crippen LogP contribution in [0.5, 0.6) is 0 Å². The molecule has 0 radical (unpaired) electrons. The predicted octanol–water partition coefficient (Wildman–Crippen LogP) is 2.59. The molecule has 0 bridgehead atoms. The van der Waals surface area contributed by atoms with Gasteiger partial charge in [-0.1, -0.05) is 0 Å². The van der Waals surface area contributed by atoms with E-state index in [0.29, 0.717) is 19.3 Å². The van der Waals surface area contributed by atoms with Gasteiger partial charge >= 0.3 is 6.18 Å². The first-order chi connectivity index (χ1) is 12.1. The molecule has 26 heavy (non-hydrogen) atoms. The summed E-state index contributed by atoms with van der Waals surface area (Å²) in [6.07, 6.45) is -2.28. The van der Waals surface area contributed by atoms with Gasteiger partial charge in [-0.2, -0.15) is 13.2 Å². The van der Waals surface area contributed by atoms with Crippen LogP contribution in [0.25, 0.3) is 0 Å². The van der Waals surface area contributed by atoms with Crippen LogP contribution in [0.2, 0.25) is 0 Å². The Bertz CT molecular complexity index is 657. The summed E-state index contributed by atoms with van der Waals surface area (Å²) < 4.78 is 56.2. The zero-order valence-corrected chi connectivity index (χ0v) is 15.6. The fourth-order valence-electron chi connectivity index (χ4n) is 2.54. The third kappa shape index (κ3) is 4.80. The highest BCUT2D eigenvalue weighted by Gasteiger charge is 2.39. The molecule has 1 saturated heterocycles. The first kappa shape index (κ1) is 20.8. The summed E-state index contributed by atoms with van der Waals surface area (Å²) in [6, 6.07) is 1.91. The van der Waals surface area contributed by atoms with Gasteiger partial charge < -0.3 is 10.1 Å². The van der Waals surface area contributed by atoms with Crippen molar-refractivity contribution in [1.29, 1.82) is 0 Å². The predicted molar refractivity (Wildman–Crippen MR) is 91.7 cm³/mol. The summed E-state index contributed by atoms with van der Waals surface area (Å²) in [5.41, 5.74) is -0.903. The number of carbonyl (C=O) groups excluding carboxylic acids is 1. The molecule has 0 spiro atoms. The number of nitrogens with one attached hydrogen (secondary N) is 1. The molecule has 0 aromatic carbocycles.